The highest BCUT2D eigenvalue weighted by molar-refractivity contribution is 5.77. The molecule has 0 unspecified atom stereocenters. The summed E-state index contributed by atoms with van der Waals surface area (Å²) in [4.78, 5) is 11.9. The van der Waals surface area contributed by atoms with Gasteiger partial charge in [0.15, 0.2) is 11.5 Å². The van der Waals surface area contributed by atoms with Crippen LogP contribution in [0, 0.1) is 6.92 Å². The van der Waals surface area contributed by atoms with Gasteiger partial charge in [0.05, 0.1) is 20.8 Å². The molecule has 24 heavy (non-hydrogen) atoms. The smallest absolute Gasteiger partial charge is 0.234 e. The minimum Gasteiger partial charge on any atom is -0.493 e. The number of amides is 1. The van der Waals surface area contributed by atoms with Gasteiger partial charge >= 0.3 is 0 Å². The molecule has 0 radical (unpaired) electrons. The zero-order chi connectivity index (χ0) is 17.4. The van der Waals surface area contributed by atoms with E-state index in [0.717, 1.165) is 11.1 Å². The van der Waals surface area contributed by atoms with Gasteiger partial charge in [-0.25, -0.2) is 0 Å². The van der Waals surface area contributed by atoms with E-state index in [1.165, 1.54) is 5.56 Å². The average molecular weight is 328 g/mol. The lowest BCUT2D eigenvalue weighted by atomic mass is 10.1. The van der Waals surface area contributed by atoms with Crippen LogP contribution in [0.15, 0.2) is 42.5 Å². The van der Waals surface area contributed by atoms with E-state index in [0.29, 0.717) is 24.6 Å². The highest BCUT2D eigenvalue weighted by Crippen LogP contribution is 2.27. The number of hydrogen-bond acceptors (Lipinski definition) is 4. The van der Waals surface area contributed by atoms with Gasteiger partial charge in [-0.2, -0.15) is 0 Å². The number of hydrogen-bond donors (Lipinski definition) is 2. The van der Waals surface area contributed by atoms with Crippen LogP contribution in [0.25, 0.3) is 0 Å². The largest absolute Gasteiger partial charge is 0.493 e. The standard InChI is InChI=1S/C19H24N2O3/c1-14-5-4-6-15(9-14)12-21-19(22)13-20-11-16-7-8-17(23-2)18(10-16)24-3/h4-10,20H,11-13H2,1-3H3,(H,21,22). The molecule has 0 spiro atoms. The molecule has 0 saturated carbocycles. The summed E-state index contributed by atoms with van der Waals surface area (Å²) in [7, 11) is 3.21. The molecule has 0 aliphatic rings. The van der Waals surface area contributed by atoms with Crippen LogP contribution in [-0.2, 0) is 17.9 Å². The summed E-state index contributed by atoms with van der Waals surface area (Å²) in [5.74, 6) is 1.34. The van der Waals surface area contributed by atoms with Gasteiger partial charge in [0, 0.05) is 13.1 Å². The molecule has 0 saturated heterocycles. The molecule has 5 nitrogen and oxygen atoms in total. The fraction of sp³-hybridized carbons (Fsp3) is 0.316. The molecule has 2 N–H and O–H groups in total. The fourth-order valence-corrected chi connectivity index (χ4v) is 2.40. The predicted octanol–water partition coefficient (Wildman–Crippen LogP) is 2.42. The van der Waals surface area contributed by atoms with Gasteiger partial charge in [-0.15, -0.1) is 0 Å². The van der Waals surface area contributed by atoms with Gasteiger partial charge in [-0.3, -0.25) is 4.79 Å². The van der Waals surface area contributed by atoms with Crippen LogP contribution >= 0.6 is 0 Å². The molecule has 128 valence electrons. The Morgan fingerprint density at radius 1 is 0.958 bits per heavy atom. The van der Waals surface area contributed by atoms with Crippen molar-refractivity contribution in [2.45, 2.75) is 20.0 Å². The van der Waals surface area contributed by atoms with Crippen LogP contribution in [0.2, 0.25) is 0 Å². The number of carbonyl (C=O) groups excluding carboxylic acids is 1. The third-order valence-electron chi connectivity index (χ3n) is 3.63. The van der Waals surface area contributed by atoms with Crippen LogP contribution in [0.5, 0.6) is 11.5 Å². The Morgan fingerprint density at radius 3 is 2.42 bits per heavy atom. The maximum Gasteiger partial charge on any atom is 0.234 e. The molecule has 0 aromatic heterocycles. The Labute approximate surface area is 143 Å². The minimum absolute atomic E-state index is 0.0306. The first-order valence-corrected chi connectivity index (χ1v) is 7.86. The summed E-state index contributed by atoms with van der Waals surface area (Å²) in [6.45, 7) is 3.42. The molecule has 0 atom stereocenters. The highest BCUT2D eigenvalue weighted by atomic mass is 16.5. The lowest BCUT2D eigenvalue weighted by Crippen LogP contribution is -2.33. The number of benzene rings is 2. The van der Waals surface area contributed by atoms with Crippen molar-refractivity contribution < 1.29 is 14.3 Å². The molecule has 5 heteroatoms. The minimum atomic E-state index is -0.0306. The first kappa shape index (κ1) is 17.8. The Bertz CT molecular complexity index is 686. The first-order valence-electron chi connectivity index (χ1n) is 7.86. The maximum atomic E-state index is 11.9. The zero-order valence-electron chi connectivity index (χ0n) is 14.4. The number of methoxy groups -OCH3 is 2. The molecule has 2 rings (SSSR count). The molecule has 1 amide bonds. The highest BCUT2D eigenvalue weighted by Gasteiger charge is 2.05. The van der Waals surface area contributed by atoms with Crippen molar-refractivity contribution in [2.24, 2.45) is 0 Å². The Morgan fingerprint density at radius 2 is 1.71 bits per heavy atom. The molecule has 0 aliphatic heterocycles. The summed E-state index contributed by atoms with van der Waals surface area (Å²) in [5.41, 5.74) is 3.32. The molecule has 0 bridgehead atoms. The third kappa shape index (κ3) is 5.28. The van der Waals surface area contributed by atoms with E-state index < -0.39 is 0 Å². The molecule has 2 aromatic rings. The van der Waals surface area contributed by atoms with Gasteiger partial charge in [0.25, 0.3) is 0 Å². The van der Waals surface area contributed by atoms with E-state index in [-0.39, 0.29) is 12.5 Å². The van der Waals surface area contributed by atoms with E-state index in [1.54, 1.807) is 14.2 Å². The van der Waals surface area contributed by atoms with Crippen LogP contribution in [0.4, 0.5) is 0 Å². The van der Waals surface area contributed by atoms with E-state index in [4.69, 9.17) is 9.47 Å². The van der Waals surface area contributed by atoms with Gasteiger partial charge < -0.3 is 20.1 Å². The predicted molar refractivity (Wildman–Crippen MR) is 94.3 cm³/mol. The monoisotopic (exact) mass is 328 g/mol. The number of rotatable bonds is 8. The second-order valence-corrected chi connectivity index (χ2v) is 5.56. The molecule has 0 heterocycles. The summed E-state index contributed by atoms with van der Waals surface area (Å²) < 4.78 is 10.5. The normalized spacial score (nSPS) is 10.3. The topological polar surface area (TPSA) is 59.6 Å². The molecular formula is C19H24N2O3. The Balaban J connectivity index is 1.76. The number of carbonyl (C=O) groups is 1. The second-order valence-electron chi connectivity index (χ2n) is 5.56. The SMILES string of the molecule is COc1ccc(CNCC(=O)NCc2cccc(C)c2)cc1OC. The second kappa shape index (κ2) is 8.93. The van der Waals surface area contributed by atoms with Crippen LogP contribution < -0.4 is 20.1 Å². The summed E-state index contributed by atoms with van der Waals surface area (Å²) in [6.07, 6.45) is 0. The summed E-state index contributed by atoms with van der Waals surface area (Å²) in [6, 6.07) is 13.8. The maximum absolute atomic E-state index is 11.9. The molecular weight excluding hydrogens is 304 g/mol. The van der Waals surface area contributed by atoms with E-state index in [1.807, 2.05) is 43.3 Å². The lowest BCUT2D eigenvalue weighted by molar-refractivity contribution is -0.120. The Kier molecular flexibility index (Phi) is 6.63. The van der Waals surface area contributed by atoms with Gasteiger partial charge in [-0.05, 0) is 30.2 Å². The van der Waals surface area contributed by atoms with Gasteiger partial charge in [0.1, 0.15) is 0 Å². The number of ether oxygens (including phenoxy) is 2. The lowest BCUT2D eigenvalue weighted by Gasteiger charge is -2.10. The van der Waals surface area contributed by atoms with Crippen LogP contribution in [0.3, 0.4) is 0 Å². The fourth-order valence-electron chi connectivity index (χ4n) is 2.40. The molecule has 0 fully saturated rings. The average Bonchev–Trinajstić information content (AvgIpc) is 2.60. The quantitative estimate of drug-likeness (QED) is 0.781. The van der Waals surface area contributed by atoms with Crippen LogP contribution in [-0.4, -0.2) is 26.7 Å². The van der Waals surface area contributed by atoms with Gasteiger partial charge in [-0.1, -0.05) is 35.9 Å². The molecule has 2 aromatic carbocycles. The van der Waals surface area contributed by atoms with Gasteiger partial charge in [0.2, 0.25) is 5.91 Å². The zero-order valence-corrected chi connectivity index (χ0v) is 14.4. The van der Waals surface area contributed by atoms with E-state index >= 15 is 0 Å². The Hall–Kier alpha value is -2.53. The third-order valence-corrected chi connectivity index (χ3v) is 3.63. The van der Waals surface area contributed by atoms with E-state index in [2.05, 4.69) is 16.7 Å². The number of aryl methyl sites for hydroxylation is 1. The first-order chi connectivity index (χ1) is 11.6. The van der Waals surface area contributed by atoms with Crippen molar-refractivity contribution in [3.63, 3.8) is 0 Å². The van der Waals surface area contributed by atoms with Crippen molar-refractivity contribution in [1.29, 1.82) is 0 Å². The van der Waals surface area contributed by atoms with Crippen molar-refractivity contribution in [3.05, 3.63) is 59.2 Å². The van der Waals surface area contributed by atoms with Crippen molar-refractivity contribution in [3.8, 4) is 11.5 Å². The van der Waals surface area contributed by atoms with E-state index in [9.17, 15) is 4.79 Å². The number of nitrogens with one attached hydrogen (secondary N) is 2. The summed E-state index contributed by atoms with van der Waals surface area (Å²) >= 11 is 0. The van der Waals surface area contributed by atoms with Crippen LogP contribution in [0.1, 0.15) is 16.7 Å². The molecule has 0 aliphatic carbocycles. The summed E-state index contributed by atoms with van der Waals surface area (Å²) in [5, 5.41) is 6.04. The van der Waals surface area contributed by atoms with Crippen molar-refractivity contribution >= 4 is 5.91 Å². The van der Waals surface area contributed by atoms with Crippen molar-refractivity contribution in [2.75, 3.05) is 20.8 Å². The van der Waals surface area contributed by atoms with Crippen molar-refractivity contribution in [1.82, 2.24) is 10.6 Å².